The van der Waals surface area contributed by atoms with Gasteiger partial charge in [-0.25, -0.2) is 0 Å². The predicted molar refractivity (Wildman–Crippen MR) is 106 cm³/mol. The predicted octanol–water partition coefficient (Wildman–Crippen LogP) is 3.32. The molecule has 2 N–H and O–H groups in total. The first-order valence-corrected chi connectivity index (χ1v) is 10.5. The number of aliphatic imine (C=N–C) groups is 1. The van der Waals surface area contributed by atoms with Crippen LogP contribution in [0.25, 0.3) is 0 Å². The summed E-state index contributed by atoms with van der Waals surface area (Å²) in [6.45, 7) is 8.93. The first kappa shape index (κ1) is 20.7. The molecule has 0 saturated carbocycles. The number of hydrogen-bond acceptors (Lipinski definition) is 2. The molecule has 1 atom stereocenters. The van der Waals surface area contributed by atoms with Gasteiger partial charge in [0.15, 0.2) is 5.96 Å². The highest BCUT2D eigenvalue weighted by Crippen LogP contribution is 2.06. The van der Waals surface area contributed by atoms with Gasteiger partial charge in [0.05, 0.1) is 0 Å². The summed E-state index contributed by atoms with van der Waals surface area (Å²) >= 11 is 0. The second-order valence-corrected chi connectivity index (χ2v) is 7.93. The number of benzene rings is 1. The Morgan fingerprint density at radius 2 is 1.92 bits per heavy atom. The summed E-state index contributed by atoms with van der Waals surface area (Å²) in [5, 5.41) is 6.53. The van der Waals surface area contributed by atoms with E-state index >= 15 is 0 Å². The van der Waals surface area contributed by atoms with Gasteiger partial charge in [0.2, 0.25) is 0 Å². The maximum absolute atomic E-state index is 12.1. The molecule has 0 radical (unpaired) electrons. The third-order valence-corrected chi connectivity index (χ3v) is 4.91. The van der Waals surface area contributed by atoms with Crippen LogP contribution in [0.1, 0.15) is 45.6 Å². The van der Waals surface area contributed by atoms with Gasteiger partial charge in [0, 0.05) is 41.9 Å². The average molecular weight is 352 g/mol. The molecule has 0 aliphatic rings. The molecule has 24 heavy (non-hydrogen) atoms. The number of nitrogens with one attached hydrogen (secondary N) is 2. The molecular weight excluding hydrogens is 318 g/mol. The molecule has 1 aromatic carbocycles. The molecule has 0 bridgehead atoms. The lowest BCUT2D eigenvalue weighted by Crippen LogP contribution is -2.39. The number of rotatable bonds is 11. The number of nitrogens with zero attached hydrogens (tertiary/aromatic N) is 1. The van der Waals surface area contributed by atoms with E-state index in [0.29, 0.717) is 18.1 Å². The summed E-state index contributed by atoms with van der Waals surface area (Å²) in [6.07, 6.45) is 3.61. The largest absolute Gasteiger partial charge is 0.357 e. The lowest BCUT2D eigenvalue weighted by molar-refractivity contribution is 0.541. The number of hydrogen-bond donors (Lipinski definition) is 2. The Bertz CT molecular complexity index is 489. The lowest BCUT2D eigenvalue weighted by atomic mass is 10.1. The molecule has 136 valence electrons. The standard InChI is InChI=1S/C19H33N3OS/c1-4-20-19(21-13-9-8-10-17(2)3)22-14-15-24(23)16-18-11-6-5-7-12-18/h5-7,11-12,17H,4,8-10,13-16H2,1-3H3,(H2,20,21,22). The minimum atomic E-state index is -0.851. The first-order chi connectivity index (χ1) is 11.6. The van der Waals surface area contributed by atoms with E-state index in [1.807, 2.05) is 30.3 Å². The smallest absolute Gasteiger partial charge is 0.191 e. The summed E-state index contributed by atoms with van der Waals surface area (Å²) in [6, 6.07) is 10.00. The van der Waals surface area contributed by atoms with Crippen molar-refractivity contribution in [2.45, 2.75) is 45.8 Å². The van der Waals surface area contributed by atoms with Gasteiger partial charge in [-0.2, -0.15) is 0 Å². The van der Waals surface area contributed by atoms with Crippen LogP contribution in [0.3, 0.4) is 0 Å². The van der Waals surface area contributed by atoms with E-state index in [1.165, 1.54) is 12.8 Å². The number of unbranched alkanes of at least 4 members (excludes halogenated alkanes) is 1. The average Bonchev–Trinajstić information content (AvgIpc) is 2.55. The molecule has 0 fully saturated rings. The zero-order valence-electron chi connectivity index (χ0n) is 15.4. The summed E-state index contributed by atoms with van der Waals surface area (Å²) in [5.41, 5.74) is 1.13. The fraction of sp³-hybridized carbons (Fsp3) is 0.632. The van der Waals surface area contributed by atoms with E-state index in [-0.39, 0.29) is 0 Å². The Balaban J connectivity index is 2.25. The molecular formula is C19H33N3OS. The van der Waals surface area contributed by atoms with E-state index in [4.69, 9.17) is 0 Å². The van der Waals surface area contributed by atoms with E-state index in [2.05, 4.69) is 36.4 Å². The van der Waals surface area contributed by atoms with Crippen molar-refractivity contribution < 1.29 is 4.21 Å². The molecule has 0 amide bonds. The van der Waals surface area contributed by atoms with Crippen LogP contribution in [0, 0.1) is 5.92 Å². The van der Waals surface area contributed by atoms with Crippen LogP contribution in [-0.4, -0.2) is 35.6 Å². The zero-order valence-corrected chi connectivity index (χ0v) is 16.2. The van der Waals surface area contributed by atoms with Crippen molar-refractivity contribution in [1.82, 2.24) is 10.6 Å². The summed E-state index contributed by atoms with van der Waals surface area (Å²) in [5.74, 6) is 2.84. The SMILES string of the molecule is CCNC(=NCCCCC(C)C)NCCS(=O)Cc1ccccc1. The fourth-order valence-electron chi connectivity index (χ4n) is 2.31. The van der Waals surface area contributed by atoms with Gasteiger partial charge in [0.25, 0.3) is 0 Å². The monoisotopic (exact) mass is 351 g/mol. The quantitative estimate of drug-likeness (QED) is 0.365. The maximum Gasteiger partial charge on any atom is 0.191 e. The fourth-order valence-corrected chi connectivity index (χ4v) is 3.35. The third kappa shape index (κ3) is 10.4. The van der Waals surface area contributed by atoms with Crippen molar-refractivity contribution in [3.63, 3.8) is 0 Å². The van der Waals surface area contributed by atoms with E-state index in [1.54, 1.807) is 0 Å². The molecule has 5 heteroatoms. The third-order valence-electron chi connectivity index (χ3n) is 3.60. The minimum Gasteiger partial charge on any atom is -0.357 e. The minimum absolute atomic E-state index is 0.616. The molecule has 0 saturated heterocycles. The van der Waals surface area contributed by atoms with Crippen LogP contribution in [0.4, 0.5) is 0 Å². The van der Waals surface area contributed by atoms with Gasteiger partial charge >= 0.3 is 0 Å². The van der Waals surface area contributed by atoms with Crippen LogP contribution in [0.15, 0.2) is 35.3 Å². The highest BCUT2D eigenvalue weighted by Gasteiger charge is 2.03. The molecule has 1 unspecified atom stereocenters. The van der Waals surface area contributed by atoms with Gasteiger partial charge in [-0.3, -0.25) is 9.20 Å². The Morgan fingerprint density at radius 1 is 1.17 bits per heavy atom. The van der Waals surface area contributed by atoms with E-state index in [0.717, 1.165) is 37.0 Å². The van der Waals surface area contributed by atoms with Crippen molar-refractivity contribution in [2.24, 2.45) is 10.9 Å². The Hall–Kier alpha value is -1.36. The van der Waals surface area contributed by atoms with Gasteiger partial charge in [-0.15, -0.1) is 0 Å². The molecule has 0 aromatic heterocycles. The Labute approximate surface area is 150 Å². The van der Waals surface area contributed by atoms with E-state index < -0.39 is 10.8 Å². The van der Waals surface area contributed by atoms with E-state index in [9.17, 15) is 4.21 Å². The van der Waals surface area contributed by atoms with Crippen LogP contribution in [-0.2, 0) is 16.6 Å². The van der Waals surface area contributed by atoms with Crippen molar-refractivity contribution >= 4 is 16.8 Å². The van der Waals surface area contributed by atoms with Crippen LogP contribution >= 0.6 is 0 Å². The number of guanidine groups is 1. The van der Waals surface area contributed by atoms with Gasteiger partial charge in [0.1, 0.15) is 0 Å². The Kier molecular flexibility index (Phi) is 11.2. The van der Waals surface area contributed by atoms with Crippen molar-refractivity contribution in [2.75, 3.05) is 25.4 Å². The van der Waals surface area contributed by atoms with Gasteiger partial charge in [-0.05, 0) is 24.8 Å². The zero-order chi connectivity index (χ0) is 17.6. The van der Waals surface area contributed by atoms with Crippen LogP contribution in [0.5, 0.6) is 0 Å². The van der Waals surface area contributed by atoms with Gasteiger partial charge in [-0.1, -0.05) is 57.0 Å². The summed E-state index contributed by atoms with van der Waals surface area (Å²) in [4.78, 5) is 4.59. The summed E-state index contributed by atoms with van der Waals surface area (Å²) < 4.78 is 12.1. The van der Waals surface area contributed by atoms with Crippen molar-refractivity contribution in [3.05, 3.63) is 35.9 Å². The van der Waals surface area contributed by atoms with Crippen LogP contribution < -0.4 is 10.6 Å². The van der Waals surface area contributed by atoms with Crippen LogP contribution in [0.2, 0.25) is 0 Å². The van der Waals surface area contributed by atoms with Gasteiger partial charge < -0.3 is 10.6 Å². The molecule has 0 aliphatic carbocycles. The highest BCUT2D eigenvalue weighted by molar-refractivity contribution is 7.84. The maximum atomic E-state index is 12.1. The molecule has 0 spiro atoms. The second-order valence-electron chi connectivity index (χ2n) is 6.35. The normalized spacial score (nSPS) is 13.1. The second kappa shape index (κ2) is 13.0. The highest BCUT2D eigenvalue weighted by atomic mass is 32.2. The van der Waals surface area contributed by atoms with Crippen molar-refractivity contribution in [3.8, 4) is 0 Å². The first-order valence-electron chi connectivity index (χ1n) is 9.03. The molecule has 1 rings (SSSR count). The molecule has 0 heterocycles. The topological polar surface area (TPSA) is 53.5 Å². The molecule has 4 nitrogen and oxygen atoms in total. The molecule has 0 aliphatic heterocycles. The summed E-state index contributed by atoms with van der Waals surface area (Å²) in [7, 11) is -0.851. The Morgan fingerprint density at radius 3 is 2.58 bits per heavy atom. The molecule has 1 aromatic rings. The lowest BCUT2D eigenvalue weighted by Gasteiger charge is -2.11. The van der Waals surface area contributed by atoms with Crippen molar-refractivity contribution in [1.29, 1.82) is 0 Å².